The monoisotopic (exact) mass is 339 g/mol. The molecule has 2 aliphatic heterocycles. The lowest BCUT2D eigenvalue weighted by Crippen LogP contribution is -2.26. The molecule has 0 aliphatic carbocycles. The molecule has 0 radical (unpaired) electrons. The number of pyridine rings is 1. The van der Waals surface area contributed by atoms with Crippen LogP contribution in [-0.4, -0.2) is 52.3 Å². The van der Waals surface area contributed by atoms with Gasteiger partial charge in [-0.2, -0.15) is 19.7 Å². The minimum Gasteiger partial charge on any atom is -0.486 e. The number of rotatable bonds is 5. The highest BCUT2D eigenvalue weighted by atomic mass is 16.5. The Balaban J connectivity index is 1.22. The maximum absolute atomic E-state index is 5.75. The van der Waals surface area contributed by atoms with E-state index < -0.39 is 0 Å². The van der Waals surface area contributed by atoms with Crippen LogP contribution >= 0.6 is 0 Å². The van der Waals surface area contributed by atoms with Gasteiger partial charge in [0, 0.05) is 12.1 Å². The van der Waals surface area contributed by atoms with Gasteiger partial charge in [0.15, 0.2) is 5.82 Å². The normalized spacial score (nSPS) is 24.7. The second-order valence-electron chi connectivity index (χ2n) is 6.40. The number of ether oxygens (including phenoxy) is 1. The van der Waals surface area contributed by atoms with Crippen molar-refractivity contribution in [3.05, 3.63) is 36.5 Å². The van der Waals surface area contributed by atoms with Gasteiger partial charge in [-0.05, 0) is 41.8 Å². The third-order valence-corrected chi connectivity index (χ3v) is 4.81. The topological polar surface area (TPSA) is 108 Å². The van der Waals surface area contributed by atoms with E-state index in [1.165, 1.54) is 23.9 Å². The lowest BCUT2D eigenvalue weighted by atomic mass is 9.96. The Morgan fingerprint density at radius 2 is 2.24 bits per heavy atom. The lowest BCUT2D eigenvalue weighted by Gasteiger charge is -2.18. The Hall–Kier alpha value is -2.88. The Morgan fingerprint density at radius 1 is 1.24 bits per heavy atom. The zero-order valence-electron chi connectivity index (χ0n) is 13.4. The third-order valence-electron chi connectivity index (χ3n) is 4.81. The van der Waals surface area contributed by atoms with Crippen LogP contribution < -0.4 is 10.1 Å². The number of nitrogens with one attached hydrogen (secondary N) is 1. The molecule has 2 fully saturated rings. The zero-order chi connectivity index (χ0) is 16.6. The van der Waals surface area contributed by atoms with Crippen LogP contribution in [0.25, 0.3) is 5.82 Å². The highest BCUT2D eigenvalue weighted by Crippen LogP contribution is 2.35. The summed E-state index contributed by atoms with van der Waals surface area (Å²) in [6, 6.07) is 5.13. The van der Waals surface area contributed by atoms with Gasteiger partial charge in [-0.1, -0.05) is 0 Å². The number of hydrogen-bond acceptors (Lipinski definition) is 8. The second-order valence-corrected chi connectivity index (χ2v) is 6.40. The minimum absolute atomic E-state index is 0.361. The quantitative estimate of drug-likeness (QED) is 0.707. The molecule has 0 spiro atoms. The molecule has 5 rings (SSSR count). The molecule has 25 heavy (non-hydrogen) atoms. The Labute approximate surface area is 143 Å². The fourth-order valence-electron chi connectivity index (χ4n) is 3.60. The molecule has 3 atom stereocenters. The van der Waals surface area contributed by atoms with Crippen LogP contribution in [-0.2, 0) is 6.61 Å². The first-order valence-corrected chi connectivity index (χ1v) is 8.34. The van der Waals surface area contributed by atoms with Crippen LogP contribution in [0.5, 0.6) is 5.75 Å². The van der Waals surface area contributed by atoms with Crippen molar-refractivity contribution in [2.75, 3.05) is 0 Å². The van der Waals surface area contributed by atoms with E-state index in [9.17, 15) is 0 Å². The summed E-state index contributed by atoms with van der Waals surface area (Å²) in [4.78, 5) is 6.12. The van der Waals surface area contributed by atoms with Gasteiger partial charge in [0.2, 0.25) is 0 Å². The van der Waals surface area contributed by atoms with Gasteiger partial charge >= 0.3 is 0 Å². The average molecular weight is 339 g/mol. The number of hydrogen-bond donors (Lipinski definition) is 1. The average Bonchev–Trinajstić information content (AvgIpc) is 3.45. The first-order valence-electron chi connectivity index (χ1n) is 8.34. The van der Waals surface area contributed by atoms with E-state index in [0.29, 0.717) is 36.3 Å². The van der Waals surface area contributed by atoms with Gasteiger partial charge in [-0.15, -0.1) is 5.10 Å². The van der Waals surface area contributed by atoms with Crippen molar-refractivity contribution in [1.29, 1.82) is 0 Å². The maximum atomic E-state index is 5.75. The van der Waals surface area contributed by atoms with Crippen LogP contribution in [0.15, 0.2) is 30.9 Å². The molecule has 1 N–H and O–H groups in total. The second kappa shape index (κ2) is 5.88. The first-order chi connectivity index (χ1) is 12.3. The number of fused-ring (bicyclic) bond motifs is 2. The molecule has 3 aromatic rings. The Morgan fingerprint density at radius 3 is 2.96 bits per heavy atom. The molecule has 0 saturated carbocycles. The summed E-state index contributed by atoms with van der Waals surface area (Å²) in [6.45, 7) is 0.361. The molecule has 3 aromatic heterocycles. The molecule has 2 saturated heterocycles. The largest absolute Gasteiger partial charge is 0.486 e. The van der Waals surface area contributed by atoms with Gasteiger partial charge in [0.25, 0.3) is 0 Å². The molecule has 10 heteroatoms. The highest BCUT2D eigenvalue weighted by Gasteiger charge is 2.41. The molecule has 0 amide bonds. The van der Waals surface area contributed by atoms with E-state index in [1.54, 1.807) is 18.5 Å². The summed E-state index contributed by atoms with van der Waals surface area (Å²) in [5.41, 5.74) is 0.812. The van der Waals surface area contributed by atoms with Crippen molar-refractivity contribution in [3.8, 4) is 11.6 Å². The van der Waals surface area contributed by atoms with Crippen LogP contribution in [0, 0.1) is 0 Å². The van der Waals surface area contributed by atoms with Gasteiger partial charge in [-0.3, -0.25) is 0 Å². The smallest absolute Gasteiger partial charge is 0.157 e. The number of nitrogens with zero attached hydrogens (tertiary/aromatic N) is 8. The van der Waals surface area contributed by atoms with Crippen LogP contribution in [0.2, 0.25) is 0 Å². The summed E-state index contributed by atoms with van der Waals surface area (Å²) in [7, 11) is 0. The van der Waals surface area contributed by atoms with Gasteiger partial charge < -0.3 is 10.1 Å². The third kappa shape index (κ3) is 2.74. The van der Waals surface area contributed by atoms with E-state index in [1.807, 2.05) is 10.9 Å². The predicted octanol–water partition coefficient (Wildman–Crippen LogP) is 0.293. The van der Waals surface area contributed by atoms with E-state index in [2.05, 4.69) is 36.0 Å². The lowest BCUT2D eigenvalue weighted by molar-refractivity contribution is 0.291. The van der Waals surface area contributed by atoms with E-state index in [0.717, 1.165) is 12.1 Å². The van der Waals surface area contributed by atoms with Crippen molar-refractivity contribution in [2.45, 2.75) is 44.0 Å². The molecule has 2 bridgehead atoms. The number of aromatic nitrogens is 8. The predicted molar refractivity (Wildman–Crippen MR) is 84.9 cm³/mol. The summed E-state index contributed by atoms with van der Waals surface area (Å²) in [5, 5.41) is 23.6. The highest BCUT2D eigenvalue weighted by molar-refractivity contribution is 5.27. The van der Waals surface area contributed by atoms with Gasteiger partial charge in [-0.25, -0.2) is 4.98 Å². The van der Waals surface area contributed by atoms with E-state index in [4.69, 9.17) is 4.74 Å². The molecule has 10 nitrogen and oxygen atoms in total. The summed E-state index contributed by atoms with van der Waals surface area (Å²) < 4.78 is 7.23. The molecular formula is C15H17N9O. The molecule has 2 aliphatic rings. The van der Waals surface area contributed by atoms with Crippen molar-refractivity contribution >= 4 is 0 Å². The van der Waals surface area contributed by atoms with Crippen molar-refractivity contribution in [1.82, 2.24) is 45.5 Å². The summed E-state index contributed by atoms with van der Waals surface area (Å²) in [5.74, 6) is 1.29. The van der Waals surface area contributed by atoms with Crippen LogP contribution in [0.1, 0.15) is 31.0 Å². The molecule has 128 valence electrons. The zero-order valence-corrected chi connectivity index (χ0v) is 13.4. The van der Waals surface area contributed by atoms with Crippen molar-refractivity contribution in [2.24, 2.45) is 0 Å². The summed E-state index contributed by atoms with van der Waals surface area (Å²) in [6.07, 6.45) is 8.50. The van der Waals surface area contributed by atoms with E-state index >= 15 is 0 Å². The standard InChI is InChI=1S/C15H17N9O/c1-3-13-14(5-10(1)19-13)24-18-6-11(20-24)8-25-12-2-4-15(16-7-12)23-9-17-21-22-23/h2,4,6-7,9-10,13-14,19H,1,3,5,8H2. The minimum atomic E-state index is 0.361. The molecule has 5 heterocycles. The fourth-order valence-corrected chi connectivity index (χ4v) is 3.60. The maximum Gasteiger partial charge on any atom is 0.157 e. The Bertz CT molecular complexity index is 844. The van der Waals surface area contributed by atoms with Gasteiger partial charge in [0.05, 0.1) is 18.4 Å². The fraction of sp³-hybridized carbons (Fsp3) is 0.467. The Kier molecular flexibility index (Phi) is 3.40. The summed E-state index contributed by atoms with van der Waals surface area (Å²) >= 11 is 0. The van der Waals surface area contributed by atoms with Crippen molar-refractivity contribution < 1.29 is 4.74 Å². The molecular weight excluding hydrogens is 322 g/mol. The molecule has 0 aromatic carbocycles. The van der Waals surface area contributed by atoms with Crippen molar-refractivity contribution in [3.63, 3.8) is 0 Å². The first kappa shape index (κ1) is 14.5. The van der Waals surface area contributed by atoms with Gasteiger partial charge in [0.1, 0.15) is 24.4 Å². The number of tetrazole rings is 1. The molecule has 3 unspecified atom stereocenters. The van der Waals surface area contributed by atoms with E-state index in [-0.39, 0.29) is 0 Å². The SMILES string of the molecule is c1cc(-n2cnnn2)ncc1OCc1cnn(C2CC3CCC2N3)n1. The van der Waals surface area contributed by atoms with Crippen LogP contribution in [0.3, 0.4) is 0 Å². The van der Waals surface area contributed by atoms with Crippen LogP contribution in [0.4, 0.5) is 0 Å².